The molecule has 2 aromatic rings. The summed E-state index contributed by atoms with van der Waals surface area (Å²) >= 11 is 12.0. The Bertz CT molecular complexity index is 635. The van der Waals surface area contributed by atoms with Crippen molar-refractivity contribution in [3.8, 4) is 0 Å². The minimum atomic E-state index is 0.0984. The third-order valence-electron chi connectivity index (χ3n) is 3.91. The molecular weight excluding hydrogens is 305 g/mol. The fourth-order valence-corrected chi connectivity index (χ4v) is 2.90. The molecule has 1 heterocycles. The lowest BCUT2D eigenvalue weighted by Crippen LogP contribution is -2.23. The lowest BCUT2D eigenvalue weighted by molar-refractivity contribution is 0.608. The number of rotatable bonds is 5. The first-order valence-electron chi connectivity index (χ1n) is 7.07. The maximum atomic E-state index is 6.25. The van der Waals surface area contributed by atoms with Crippen molar-refractivity contribution in [2.24, 2.45) is 12.8 Å². The molecule has 2 rings (SSSR count). The number of nitrogens with two attached hydrogens (primary N) is 1. The van der Waals surface area contributed by atoms with Crippen LogP contribution in [-0.2, 0) is 19.9 Å². The second-order valence-corrected chi connectivity index (χ2v) is 6.34. The largest absolute Gasteiger partial charge is 0.327 e. The van der Waals surface area contributed by atoms with Crippen LogP contribution >= 0.6 is 23.2 Å². The number of aryl methyl sites for hydroxylation is 2. The minimum absolute atomic E-state index is 0.0984. The predicted molar refractivity (Wildman–Crippen MR) is 89.1 cm³/mol. The number of halogens is 2. The van der Waals surface area contributed by atoms with Gasteiger partial charge in [0, 0.05) is 18.8 Å². The smallest absolute Gasteiger partial charge is 0.0628 e. The molecule has 0 radical (unpaired) electrons. The number of nitrogens with zero attached hydrogens (tertiary/aromatic N) is 2. The summed E-state index contributed by atoms with van der Waals surface area (Å²) in [6, 6.07) is 5.79. The number of aromatic nitrogens is 2. The van der Waals surface area contributed by atoms with Crippen LogP contribution in [0.5, 0.6) is 0 Å². The quantitative estimate of drug-likeness (QED) is 0.907. The molecular formula is C16H21Cl2N3. The van der Waals surface area contributed by atoms with Crippen LogP contribution < -0.4 is 5.73 Å². The Morgan fingerprint density at radius 3 is 2.52 bits per heavy atom. The summed E-state index contributed by atoms with van der Waals surface area (Å²) in [7, 11) is 1.97. The topological polar surface area (TPSA) is 43.8 Å². The van der Waals surface area contributed by atoms with Crippen LogP contribution in [0.3, 0.4) is 0 Å². The summed E-state index contributed by atoms with van der Waals surface area (Å²) in [6.07, 6.45) is 2.68. The molecule has 0 saturated carbocycles. The van der Waals surface area contributed by atoms with Crippen molar-refractivity contribution in [3.63, 3.8) is 0 Å². The van der Waals surface area contributed by atoms with E-state index in [-0.39, 0.29) is 6.04 Å². The maximum absolute atomic E-state index is 6.25. The van der Waals surface area contributed by atoms with Crippen molar-refractivity contribution in [1.29, 1.82) is 0 Å². The Morgan fingerprint density at radius 2 is 1.95 bits per heavy atom. The van der Waals surface area contributed by atoms with E-state index in [2.05, 4.69) is 12.0 Å². The summed E-state index contributed by atoms with van der Waals surface area (Å²) < 4.78 is 1.93. The summed E-state index contributed by atoms with van der Waals surface area (Å²) in [5, 5.41) is 5.60. The highest BCUT2D eigenvalue weighted by molar-refractivity contribution is 6.42. The van der Waals surface area contributed by atoms with Crippen LogP contribution in [0.4, 0.5) is 0 Å². The van der Waals surface area contributed by atoms with Gasteiger partial charge in [0.25, 0.3) is 0 Å². The number of hydrogen-bond donors (Lipinski definition) is 1. The maximum Gasteiger partial charge on any atom is 0.0628 e. The first-order valence-corrected chi connectivity index (χ1v) is 7.82. The van der Waals surface area contributed by atoms with Crippen LogP contribution in [0.15, 0.2) is 18.2 Å². The molecule has 0 aliphatic heterocycles. The first kappa shape index (κ1) is 16.3. The molecule has 114 valence electrons. The van der Waals surface area contributed by atoms with Gasteiger partial charge >= 0.3 is 0 Å². The van der Waals surface area contributed by atoms with Crippen molar-refractivity contribution in [3.05, 3.63) is 50.8 Å². The van der Waals surface area contributed by atoms with Crippen molar-refractivity contribution in [2.45, 2.75) is 39.2 Å². The summed E-state index contributed by atoms with van der Waals surface area (Å²) in [5.41, 5.74) is 11.0. The van der Waals surface area contributed by atoms with E-state index in [1.807, 2.05) is 36.9 Å². The lowest BCUT2D eigenvalue weighted by Gasteiger charge is -2.12. The summed E-state index contributed by atoms with van der Waals surface area (Å²) in [6.45, 7) is 4.15. The molecule has 0 aliphatic rings. The van der Waals surface area contributed by atoms with Crippen LogP contribution in [0, 0.1) is 13.8 Å². The van der Waals surface area contributed by atoms with Crippen molar-refractivity contribution >= 4 is 23.2 Å². The first-order chi connectivity index (χ1) is 9.88. The van der Waals surface area contributed by atoms with E-state index >= 15 is 0 Å². The lowest BCUT2D eigenvalue weighted by atomic mass is 9.99. The monoisotopic (exact) mass is 325 g/mol. The van der Waals surface area contributed by atoms with Gasteiger partial charge in [-0.25, -0.2) is 0 Å². The number of hydrogen-bond acceptors (Lipinski definition) is 2. The molecule has 3 nitrogen and oxygen atoms in total. The molecule has 0 spiro atoms. The SMILES string of the molecule is Cc1nn(C)c(C)c1CCC(N)Cc1ccc(Cl)c(Cl)c1. The standard InChI is InChI=1S/C16H21Cl2N3/c1-10-14(11(2)21(3)20-10)6-5-13(19)8-12-4-7-15(17)16(18)9-12/h4,7,9,13H,5-6,8,19H2,1-3H3. The average molecular weight is 326 g/mol. The van der Waals surface area contributed by atoms with Gasteiger partial charge in [-0.2, -0.15) is 5.10 Å². The van der Waals surface area contributed by atoms with Gasteiger partial charge in [-0.05, 0) is 56.4 Å². The van der Waals surface area contributed by atoms with Gasteiger partial charge < -0.3 is 5.73 Å². The number of benzene rings is 1. The molecule has 1 aromatic carbocycles. The Kier molecular flexibility index (Phi) is 5.31. The van der Waals surface area contributed by atoms with E-state index in [9.17, 15) is 0 Å². The zero-order valence-electron chi connectivity index (χ0n) is 12.7. The van der Waals surface area contributed by atoms with Crippen molar-refractivity contribution in [1.82, 2.24) is 9.78 Å². The van der Waals surface area contributed by atoms with Gasteiger partial charge in [-0.15, -0.1) is 0 Å². The van der Waals surface area contributed by atoms with Crippen LogP contribution in [0.25, 0.3) is 0 Å². The van der Waals surface area contributed by atoms with Crippen molar-refractivity contribution in [2.75, 3.05) is 0 Å². The molecule has 0 aliphatic carbocycles. The fraction of sp³-hybridized carbons (Fsp3) is 0.438. The average Bonchev–Trinajstić information content (AvgIpc) is 2.66. The zero-order valence-corrected chi connectivity index (χ0v) is 14.2. The highest BCUT2D eigenvalue weighted by atomic mass is 35.5. The molecule has 5 heteroatoms. The van der Waals surface area contributed by atoms with E-state index in [1.165, 1.54) is 11.3 Å². The molecule has 1 aromatic heterocycles. The third-order valence-corrected chi connectivity index (χ3v) is 4.64. The molecule has 2 N–H and O–H groups in total. The van der Waals surface area contributed by atoms with Gasteiger partial charge in [-0.3, -0.25) is 4.68 Å². The highest BCUT2D eigenvalue weighted by Gasteiger charge is 2.12. The van der Waals surface area contributed by atoms with E-state index in [4.69, 9.17) is 28.9 Å². The molecule has 1 atom stereocenters. The van der Waals surface area contributed by atoms with Gasteiger partial charge in [0.15, 0.2) is 0 Å². The van der Waals surface area contributed by atoms with Gasteiger partial charge in [0.05, 0.1) is 15.7 Å². The molecule has 0 amide bonds. The molecule has 1 unspecified atom stereocenters. The van der Waals surface area contributed by atoms with Gasteiger partial charge in [0.1, 0.15) is 0 Å². The minimum Gasteiger partial charge on any atom is -0.327 e. The van der Waals surface area contributed by atoms with Gasteiger partial charge in [-0.1, -0.05) is 29.3 Å². The Labute approximate surface area is 136 Å². The van der Waals surface area contributed by atoms with Crippen LogP contribution in [-0.4, -0.2) is 15.8 Å². The van der Waals surface area contributed by atoms with E-state index in [1.54, 1.807) is 0 Å². The van der Waals surface area contributed by atoms with Crippen LogP contribution in [0.2, 0.25) is 10.0 Å². The zero-order chi connectivity index (χ0) is 15.6. The highest BCUT2D eigenvalue weighted by Crippen LogP contribution is 2.23. The molecule has 0 fully saturated rings. The van der Waals surface area contributed by atoms with E-state index in [0.29, 0.717) is 10.0 Å². The Hall–Kier alpha value is -1.03. The Morgan fingerprint density at radius 1 is 1.24 bits per heavy atom. The molecule has 0 bridgehead atoms. The normalized spacial score (nSPS) is 12.7. The third kappa shape index (κ3) is 4.00. The molecule has 21 heavy (non-hydrogen) atoms. The van der Waals surface area contributed by atoms with Crippen LogP contribution in [0.1, 0.15) is 28.9 Å². The van der Waals surface area contributed by atoms with Gasteiger partial charge in [0.2, 0.25) is 0 Å². The summed E-state index contributed by atoms with van der Waals surface area (Å²) in [4.78, 5) is 0. The Balaban J connectivity index is 1.95. The van der Waals surface area contributed by atoms with E-state index in [0.717, 1.165) is 30.5 Å². The second kappa shape index (κ2) is 6.82. The summed E-state index contributed by atoms with van der Waals surface area (Å²) in [5.74, 6) is 0. The van der Waals surface area contributed by atoms with Crippen molar-refractivity contribution < 1.29 is 0 Å². The predicted octanol–water partition coefficient (Wildman–Crippen LogP) is 3.85. The molecule has 0 saturated heterocycles. The fourth-order valence-electron chi connectivity index (χ4n) is 2.58. The second-order valence-electron chi connectivity index (χ2n) is 5.52. The van der Waals surface area contributed by atoms with E-state index < -0.39 is 0 Å².